The number of rotatable bonds is 2. The quantitative estimate of drug-likeness (QED) is 0.877. The number of hydrogen-bond acceptors (Lipinski definition) is 1. The molecule has 0 aliphatic carbocycles. The molecule has 0 bridgehead atoms. The van der Waals surface area contributed by atoms with Crippen molar-refractivity contribution in [1.29, 1.82) is 0 Å². The van der Waals surface area contributed by atoms with E-state index in [4.69, 9.17) is 5.11 Å². The van der Waals surface area contributed by atoms with Crippen molar-refractivity contribution >= 4 is 10.9 Å². The lowest BCUT2D eigenvalue weighted by atomic mass is 10.1. The molecule has 0 spiro atoms. The predicted molar refractivity (Wildman–Crippen MR) is 63.4 cm³/mol. The van der Waals surface area contributed by atoms with Gasteiger partial charge in [0.15, 0.2) is 0 Å². The van der Waals surface area contributed by atoms with Crippen LogP contribution in [0.25, 0.3) is 10.9 Å². The first kappa shape index (κ1) is 13.0. The molecule has 0 saturated carbocycles. The first-order chi connectivity index (χ1) is 8.36. The molecule has 5 heteroatoms. The lowest BCUT2D eigenvalue weighted by Crippen LogP contribution is -2.05. The van der Waals surface area contributed by atoms with Gasteiger partial charge in [0.2, 0.25) is 0 Å². The number of aliphatic hydroxyl groups excluding tert-OH is 1. The molecule has 18 heavy (non-hydrogen) atoms. The van der Waals surface area contributed by atoms with Gasteiger partial charge in [0.05, 0.1) is 12.2 Å². The minimum atomic E-state index is -4.36. The van der Waals surface area contributed by atoms with Crippen molar-refractivity contribution in [2.24, 2.45) is 7.05 Å². The van der Waals surface area contributed by atoms with Gasteiger partial charge in [0.1, 0.15) is 0 Å². The zero-order valence-corrected chi connectivity index (χ0v) is 10.1. The van der Waals surface area contributed by atoms with Crippen molar-refractivity contribution in [2.75, 3.05) is 6.61 Å². The lowest BCUT2D eigenvalue weighted by Gasteiger charge is -2.09. The maximum Gasteiger partial charge on any atom is 0.417 e. The second kappa shape index (κ2) is 4.31. The van der Waals surface area contributed by atoms with Crippen molar-refractivity contribution in [3.8, 4) is 0 Å². The molecule has 2 nitrogen and oxygen atoms in total. The zero-order chi connectivity index (χ0) is 13.5. The van der Waals surface area contributed by atoms with E-state index in [1.54, 1.807) is 24.6 Å². The standard InChI is InChI=1S/C13H14F3NO/c1-8(7-18)12-6-9-10(13(14,15)16)4-3-5-11(9)17(12)2/h3-6,8,18H,7H2,1-2H3. The first-order valence-electron chi connectivity index (χ1n) is 5.62. The van der Waals surface area contributed by atoms with Crippen LogP contribution in [0.2, 0.25) is 0 Å². The van der Waals surface area contributed by atoms with Gasteiger partial charge >= 0.3 is 6.18 Å². The molecule has 1 N–H and O–H groups in total. The average molecular weight is 257 g/mol. The molecular weight excluding hydrogens is 243 g/mol. The van der Waals surface area contributed by atoms with Gasteiger partial charge in [-0.3, -0.25) is 0 Å². The number of nitrogens with zero attached hydrogens (tertiary/aromatic N) is 1. The molecule has 0 aliphatic heterocycles. The highest BCUT2D eigenvalue weighted by Gasteiger charge is 2.33. The molecule has 0 amide bonds. The third-order valence-corrected chi connectivity index (χ3v) is 3.21. The summed E-state index contributed by atoms with van der Waals surface area (Å²) in [6, 6.07) is 5.64. The van der Waals surface area contributed by atoms with Crippen LogP contribution < -0.4 is 0 Å². The second-order valence-corrected chi connectivity index (χ2v) is 4.45. The van der Waals surface area contributed by atoms with E-state index in [1.807, 2.05) is 0 Å². The van der Waals surface area contributed by atoms with Gasteiger partial charge in [-0.15, -0.1) is 0 Å². The number of alkyl halides is 3. The number of aliphatic hydroxyl groups is 1. The predicted octanol–water partition coefficient (Wildman–Crippen LogP) is 3.29. The monoisotopic (exact) mass is 257 g/mol. The molecule has 1 aromatic heterocycles. The Morgan fingerprint density at radius 3 is 2.56 bits per heavy atom. The maximum atomic E-state index is 12.9. The molecular formula is C13H14F3NO. The van der Waals surface area contributed by atoms with Gasteiger partial charge in [0.25, 0.3) is 0 Å². The highest BCUT2D eigenvalue weighted by molar-refractivity contribution is 5.85. The number of aryl methyl sites for hydroxylation is 1. The van der Waals surface area contributed by atoms with Crippen molar-refractivity contribution in [1.82, 2.24) is 4.57 Å². The average Bonchev–Trinajstić information content (AvgIpc) is 2.65. The highest BCUT2D eigenvalue weighted by atomic mass is 19.4. The summed E-state index contributed by atoms with van der Waals surface area (Å²) in [4.78, 5) is 0. The fraction of sp³-hybridized carbons (Fsp3) is 0.385. The summed E-state index contributed by atoms with van der Waals surface area (Å²) < 4.78 is 40.3. The second-order valence-electron chi connectivity index (χ2n) is 4.45. The minimum absolute atomic E-state index is 0.0918. The molecule has 2 rings (SSSR count). The van der Waals surface area contributed by atoms with Crippen LogP contribution in [0.3, 0.4) is 0 Å². The molecule has 1 heterocycles. The minimum Gasteiger partial charge on any atom is -0.396 e. The van der Waals surface area contributed by atoms with Gasteiger partial charge in [-0.25, -0.2) is 0 Å². The van der Waals surface area contributed by atoms with E-state index >= 15 is 0 Å². The lowest BCUT2D eigenvalue weighted by molar-refractivity contribution is -0.136. The molecule has 0 fully saturated rings. The third-order valence-electron chi connectivity index (χ3n) is 3.21. The molecule has 98 valence electrons. The Morgan fingerprint density at radius 2 is 2.00 bits per heavy atom. The third kappa shape index (κ3) is 1.99. The number of benzene rings is 1. The van der Waals surface area contributed by atoms with Crippen LogP contribution in [0.1, 0.15) is 24.1 Å². The number of aromatic nitrogens is 1. The zero-order valence-electron chi connectivity index (χ0n) is 10.1. The van der Waals surface area contributed by atoms with Crippen molar-refractivity contribution < 1.29 is 18.3 Å². The number of fused-ring (bicyclic) bond motifs is 1. The smallest absolute Gasteiger partial charge is 0.396 e. The van der Waals surface area contributed by atoms with Crippen LogP contribution in [-0.4, -0.2) is 16.3 Å². The molecule has 1 aromatic carbocycles. The normalized spacial score (nSPS) is 14.1. The van der Waals surface area contributed by atoms with Crippen molar-refractivity contribution in [3.63, 3.8) is 0 Å². The molecule has 0 saturated heterocycles. The van der Waals surface area contributed by atoms with Crippen LogP contribution in [0.15, 0.2) is 24.3 Å². The summed E-state index contributed by atoms with van der Waals surface area (Å²) in [7, 11) is 1.71. The summed E-state index contributed by atoms with van der Waals surface area (Å²) >= 11 is 0. The Bertz CT molecular complexity index is 571. The molecule has 0 aliphatic rings. The van der Waals surface area contributed by atoms with E-state index < -0.39 is 11.7 Å². The van der Waals surface area contributed by atoms with Crippen molar-refractivity contribution in [2.45, 2.75) is 19.0 Å². The van der Waals surface area contributed by atoms with Crippen LogP contribution in [0, 0.1) is 0 Å². The Labute approximate surface area is 103 Å². The highest BCUT2D eigenvalue weighted by Crippen LogP contribution is 2.36. The molecule has 1 atom stereocenters. The van der Waals surface area contributed by atoms with Gasteiger partial charge in [-0.05, 0) is 18.2 Å². The van der Waals surface area contributed by atoms with Crippen LogP contribution in [-0.2, 0) is 13.2 Å². The Morgan fingerprint density at radius 1 is 1.33 bits per heavy atom. The SMILES string of the molecule is CC(CO)c1cc2c(C(F)(F)F)cccc2n1C. The maximum absolute atomic E-state index is 12.9. The topological polar surface area (TPSA) is 25.2 Å². The largest absolute Gasteiger partial charge is 0.417 e. The van der Waals surface area contributed by atoms with Gasteiger partial charge in [0, 0.05) is 29.6 Å². The van der Waals surface area contributed by atoms with Crippen LogP contribution >= 0.6 is 0 Å². The summed E-state index contributed by atoms with van der Waals surface area (Å²) in [6.45, 7) is 1.69. The summed E-state index contributed by atoms with van der Waals surface area (Å²) in [5.74, 6) is -0.191. The van der Waals surface area contributed by atoms with Gasteiger partial charge in [-0.2, -0.15) is 13.2 Å². The molecule has 2 aromatic rings. The van der Waals surface area contributed by atoms with Crippen LogP contribution in [0.5, 0.6) is 0 Å². The van der Waals surface area contributed by atoms with Crippen LogP contribution in [0.4, 0.5) is 13.2 Å². The first-order valence-corrected chi connectivity index (χ1v) is 5.62. The number of halogens is 3. The Balaban J connectivity index is 2.72. The summed E-state index contributed by atoms with van der Waals surface area (Å²) in [6.07, 6.45) is -4.36. The van der Waals surface area contributed by atoms with E-state index in [2.05, 4.69) is 0 Å². The fourth-order valence-electron chi connectivity index (χ4n) is 2.19. The Kier molecular flexibility index (Phi) is 3.11. The Hall–Kier alpha value is -1.49. The molecule has 0 radical (unpaired) electrons. The fourth-order valence-corrected chi connectivity index (χ4v) is 2.19. The summed E-state index contributed by atoms with van der Waals surface area (Å²) in [5.41, 5.74) is 0.594. The van der Waals surface area contributed by atoms with E-state index in [-0.39, 0.29) is 17.9 Å². The van der Waals surface area contributed by atoms with E-state index in [0.29, 0.717) is 11.2 Å². The van der Waals surface area contributed by atoms with Gasteiger partial charge in [-0.1, -0.05) is 13.0 Å². The number of hydrogen-bond donors (Lipinski definition) is 1. The van der Waals surface area contributed by atoms with E-state index in [9.17, 15) is 13.2 Å². The summed E-state index contributed by atoms with van der Waals surface area (Å²) in [5, 5.41) is 9.31. The van der Waals surface area contributed by atoms with Crippen molar-refractivity contribution in [3.05, 3.63) is 35.5 Å². The van der Waals surface area contributed by atoms with Gasteiger partial charge < -0.3 is 9.67 Å². The van der Waals surface area contributed by atoms with E-state index in [0.717, 1.165) is 6.07 Å². The van der Waals surface area contributed by atoms with E-state index in [1.165, 1.54) is 12.1 Å². The molecule has 1 unspecified atom stereocenters.